The predicted octanol–water partition coefficient (Wildman–Crippen LogP) is 13.5. The van der Waals surface area contributed by atoms with Gasteiger partial charge in [0.25, 0.3) is 0 Å². The number of hydrogen-bond donors (Lipinski definition) is 1. The lowest BCUT2D eigenvalue weighted by atomic mass is 9.75. The molecule has 1 heterocycles. The van der Waals surface area contributed by atoms with Crippen molar-refractivity contribution in [2.24, 2.45) is 5.92 Å². The van der Waals surface area contributed by atoms with Gasteiger partial charge in [-0.1, -0.05) is 178 Å². The summed E-state index contributed by atoms with van der Waals surface area (Å²) in [6, 6.07) is 37.1. The average Bonchev–Trinajstić information content (AvgIpc) is 3.47. The van der Waals surface area contributed by atoms with E-state index in [-0.39, 0.29) is 17.5 Å². The Labute approximate surface area is 329 Å². The topological polar surface area (TPSA) is 12.0 Å². The van der Waals surface area contributed by atoms with Gasteiger partial charge in [0, 0.05) is 17.4 Å². The van der Waals surface area contributed by atoms with Gasteiger partial charge in [-0.05, 0) is 124 Å². The highest BCUT2D eigenvalue weighted by Gasteiger charge is 2.37. The van der Waals surface area contributed by atoms with E-state index in [0.29, 0.717) is 5.92 Å². The smallest absolute Gasteiger partial charge is 0.0517 e. The van der Waals surface area contributed by atoms with Crippen molar-refractivity contribution in [3.63, 3.8) is 0 Å². The Balaban J connectivity index is 0.947. The summed E-state index contributed by atoms with van der Waals surface area (Å²) in [5.74, 6) is 0.346. The van der Waals surface area contributed by atoms with Crippen molar-refractivity contribution < 1.29 is 0 Å². The second-order valence-corrected chi connectivity index (χ2v) is 16.9. The van der Waals surface area contributed by atoms with Crippen LogP contribution in [0.2, 0.25) is 0 Å². The van der Waals surface area contributed by atoms with Gasteiger partial charge in [-0.3, -0.25) is 5.32 Å². The quantitative estimate of drug-likeness (QED) is 0.152. The van der Waals surface area contributed by atoms with E-state index in [1.165, 1.54) is 104 Å². The second-order valence-electron chi connectivity index (χ2n) is 16.9. The van der Waals surface area contributed by atoms with Crippen LogP contribution in [0.3, 0.4) is 0 Å². The lowest BCUT2D eigenvalue weighted by Crippen LogP contribution is -2.39. The van der Waals surface area contributed by atoms with Gasteiger partial charge >= 0.3 is 0 Å². The van der Waals surface area contributed by atoms with Crippen molar-refractivity contribution in [1.29, 1.82) is 0 Å². The molecule has 1 N–H and O–H groups in total. The molecular formula is C54H55N. The standard InChI is InChI=1S/C54H55N/c1-54(2)50-29-16-15-28-46(50)47-32-30-43(36-51(47)54)53-37-48(40-23-11-6-12-24-40)49-35-42(31-33-52(49)55-53)45-27-14-13-26-44(45)41-25-17-22-39(34-41)21-8-4-3-7-18-38-19-9-5-10-20-38/h5,9-11,13-17,19-20,22-26,28-36,45,52-53,55H,3-4,6-8,12,18,21,27,37H2,1-2H3. The summed E-state index contributed by atoms with van der Waals surface area (Å²) in [5, 5.41) is 4.13. The molecule has 9 rings (SSSR count). The Hall–Kier alpha value is -4.98. The normalized spacial score (nSPS) is 22.1. The molecule has 0 saturated heterocycles. The molecule has 3 unspecified atom stereocenters. The van der Waals surface area contributed by atoms with Gasteiger partial charge < -0.3 is 0 Å². The fourth-order valence-electron chi connectivity index (χ4n) is 9.94. The summed E-state index contributed by atoms with van der Waals surface area (Å²) in [6.07, 6.45) is 33.5. The number of unbranched alkanes of at least 4 members (excludes halogenated alkanes) is 3. The SMILES string of the molecule is CC1(C)c2ccccc2-c2ccc(C3CC(C4=CCCC=C4)=C4C=C(C5CC=CC=C5c5cccc(CCCCCCc6ccccc6)c5)C=CC4N3)cc21. The van der Waals surface area contributed by atoms with Gasteiger partial charge in [0.1, 0.15) is 0 Å². The fraction of sp³-hybridized carbons (Fsp3) is 0.296. The number of rotatable bonds is 11. The van der Waals surface area contributed by atoms with Gasteiger partial charge in [0.05, 0.1) is 6.04 Å². The maximum atomic E-state index is 4.13. The molecule has 55 heavy (non-hydrogen) atoms. The molecule has 4 aromatic carbocycles. The molecule has 0 fully saturated rings. The molecule has 0 spiro atoms. The zero-order valence-electron chi connectivity index (χ0n) is 32.7. The Morgan fingerprint density at radius 3 is 2.36 bits per heavy atom. The second kappa shape index (κ2) is 15.6. The van der Waals surface area contributed by atoms with Crippen LogP contribution in [0.15, 0.2) is 174 Å². The van der Waals surface area contributed by atoms with Crippen LogP contribution in [0.5, 0.6) is 0 Å². The minimum atomic E-state index is -0.000725. The summed E-state index contributed by atoms with van der Waals surface area (Å²) in [5.41, 5.74) is 18.6. The Bertz CT molecular complexity index is 2280. The molecule has 1 heteroatoms. The van der Waals surface area contributed by atoms with Crippen LogP contribution in [-0.4, -0.2) is 6.04 Å². The van der Waals surface area contributed by atoms with Crippen molar-refractivity contribution in [2.75, 3.05) is 0 Å². The van der Waals surface area contributed by atoms with E-state index in [1.54, 1.807) is 0 Å². The van der Waals surface area contributed by atoms with Crippen molar-refractivity contribution >= 4 is 5.57 Å². The molecule has 5 aliphatic rings. The van der Waals surface area contributed by atoms with Gasteiger partial charge in [-0.2, -0.15) is 0 Å². The monoisotopic (exact) mass is 717 g/mol. The van der Waals surface area contributed by atoms with E-state index in [2.05, 4.69) is 171 Å². The third kappa shape index (κ3) is 7.28. The summed E-state index contributed by atoms with van der Waals surface area (Å²) in [4.78, 5) is 0. The average molecular weight is 718 g/mol. The fourth-order valence-corrected chi connectivity index (χ4v) is 9.94. The van der Waals surface area contributed by atoms with Crippen molar-refractivity contribution in [2.45, 2.75) is 95.6 Å². The zero-order chi connectivity index (χ0) is 37.2. The molecule has 0 bridgehead atoms. The van der Waals surface area contributed by atoms with Crippen LogP contribution in [0.25, 0.3) is 16.7 Å². The molecule has 0 saturated carbocycles. The number of hydrogen-bond acceptors (Lipinski definition) is 1. The van der Waals surface area contributed by atoms with Crippen LogP contribution in [0.1, 0.15) is 105 Å². The molecule has 0 radical (unpaired) electrons. The zero-order valence-corrected chi connectivity index (χ0v) is 32.7. The minimum absolute atomic E-state index is 0.000725. The lowest BCUT2D eigenvalue weighted by Gasteiger charge is -2.37. The summed E-state index contributed by atoms with van der Waals surface area (Å²) in [6.45, 7) is 4.78. The van der Waals surface area contributed by atoms with Crippen molar-refractivity contribution in [3.8, 4) is 11.1 Å². The first-order valence-corrected chi connectivity index (χ1v) is 21.0. The van der Waals surface area contributed by atoms with Crippen molar-refractivity contribution in [1.82, 2.24) is 5.32 Å². The maximum absolute atomic E-state index is 4.13. The lowest BCUT2D eigenvalue weighted by molar-refractivity contribution is 0.481. The molecule has 0 amide bonds. The molecule has 3 atom stereocenters. The maximum Gasteiger partial charge on any atom is 0.0517 e. The molecule has 1 aliphatic heterocycles. The number of allylic oxidation sites excluding steroid dienone is 10. The van der Waals surface area contributed by atoms with Crippen LogP contribution >= 0.6 is 0 Å². The van der Waals surface area contributed by atoms with Gasteiger partial charge in [-0.15, -0.1) is 0 Å². The van der Waals surface area contributed by atoms with E-state index >= 15 is 0 Å². The first-order valence-electron chi connectivity index (χ1n) is 21.0. The minimum Gasteiger partial charge on any atom is -0.299 e. The summed E-state index contributed by atoms with van der Waals surface area (Å²) < 4.78 is 0. The van der Waals surface area contributed by atoms with E-state index < -0.39 is 0 Å². The number of nitrogens with one attached hydrogen (secondary N) is 1. The van der Waals surface area contributed by atoms with Crippen LogP contribution in [-0.2, 0) is 18.3 Å². The van der Waals surface area contributed by atoms with E-state index in [9.17, 15) is 0 Å². The third-order valence-electron chi connectivity index (χ3n) is 13.0. The van der Waals surface area contributed by atoms with Crippen LogP contribution in [0, 0.1) is 5.92 Å². The highest BCUT2D eigenvalue weighted by Crippen LogP contribution is 2.50. The van der Waals surface area contributed by atoms with Gasteiger partial charge in [-0.25, -0.2) is 0 Å². The van der Waals surface area contributed by atoms with E-state index in [1.807, 2.05) is 0 Å². The number of aryl methyl sites for hydroxylation is 2. The molecule has 1 nitrogen and oxygen atoms in total. The highest BCUT2D eigenvalue weighted by molar-refractivity contribution is 5.81. The van der Waals surface area contributed by atoms with E-state index in [0.717, 1.165) is 32.1 Å². The van der Waals surface area contributed by atoms with Crippen LogP contribution in [0.4, 0.5) is 0 Å². The molecule has 0 aromatic heterocycles. The Kier molecular flexibility index (Phi) is 10.2. The Morgan fingerprint density at radius 2 is 1.51 bits per heavy atom. The summed E-state index contributed by atoms with van der Waals surface area (Å²) >= 11 is 0. The van der Waals surface area contributed by atoms with E-state index in [4.69, 9.17) is 0 Å². The molecule has 4 aliphatic carbocycles. The predicted molar refractivity (Wildman–Crippen MR) is 233 cm³/mol. The first-order chi connectivity index (χ1) is 27.0. The van der Waals surface area contributed by atoms with Gasteiger partial charge in [0.15, 0.2) is 0 Å². The highest BCUT2D eigenvalue weighted by atomic mass is 15.0. The first kappa shape index (κ1) is 35.7. The molecule has 4 aromatic rings. The number of fused-ring (bicyclic) bond motifs is 4. The van der Waals surface area contributed by atoms with Crippen molar-refractivity contribution in [3.05, 3.63) is 207 Å². The molecule has 276 valence electrons. The number of benzene rings is 4. The largest absolute Gasteiger partial charge is 0.299 e. The third-order valence-corrected chi connectivity index (χ3v) is 13.0. The van der Waals surface area contributed by atoms with Crippen LogP contribution < -0.4 is 5.32 Å². The Morgan fingerprint density at radius 1 is 0.709 bits per heavy atom. The van der Waals surface area contributed by atoms with Gasteiger partial charge in [0.2, 0.25) is 0 Å². The summed E-state index contributed by atoms with van der Waals surface area (Å²) in [7, 11) is 0. The molecular weight excluding hydrogens is 663 g/mol.